The van der Waals surface area contributed by atoms with Crippen LogP contribution in [-0.2, 0) is 11.3 Å². The van der Waals surface area contributed by atoms with Gasteiger partial charge in [0.1, 0.15) is 0 Å². The Kier molecular flexibility index (Phi) is 5.33. The molecule has 1 aromatic rings. The number of amides is 1. The third kappa shape index (κ3) is 4.29. The fraction of sp³-hybridized carbons (Fsp3) is 0.500. The maximum Gasteiger partial charge on any atom is 0.335 e. The first-order valence-corrected chi connectivity index (χ1v) is 7.42. The molecule has 0 unspecified atom stereocenters. The lowest BCUT2D eigenvalue weighted by atomic mass is 10.1. The molecule has 1 N–H and O–H groups in total. The smallest absolute Gasteiger partial charge is 0.335 e. The van der Waals surface area contributed by atoms with Crippen LogP contribution in [0.3, 0.4) is 0 Å². The van der Waals surface area contributed by atoms with E-state index in [1.54, 1.807) is 18.2 Å². The predicted octanol–water partition coefficient (Wildman–Crippen LogP) is 1.83. The van der Waals surface area contributed by atoms with Gasteiger partial charge in [-0.1, -0.05) is 19.1 Å². The van der Waals surface area contributed by atoms with Gasteiger partial charge in [0, 0.05) is 26.2 Å². The Balaban J connectivity index is 2.01. The molecule has 1 heterocycles. The highest BCUT2D eigenvalue weighted by atomic mass is 16.4. The molecular formula is C16H22N2O3. The molecule has 0 radical (unpaired) electrons. The van der Waals surface area contributed by atoms with Gasteiger partial charge in [-0.05, 0) is 30.5 Å². The van der Waals surface area contributed by atoms with Crippen LogP contribution in [0.5, 0.6) is 0 Å². The molecule has 1 aliphatic heterocycles. The predicted molar refractivity (Wildman–Crippen MR) is 80.2 cm³/mol. The van der Waals surface area contributed by atoms with E-state index in [0.717, 1.165) is 38.0 Å². The summed E-state index contributed by atoms with van der Waals surface area (Å²) < 4.78 is 0. The van der Waals surface area contributed by atoms with Crippen molar-refractivity contribution in [1.82, 2.24) is 9.80 Å². The second kappa shape index (κ2) is 7.22. The van der Waals surface area contributed by atoms with E-state index in [9.17, 15) is 9.59 Å². The topological polar surface area (TPSA) is 60.9 Å². The lowest BCUT2D eigenvalue weighted by Gasteiger charge is -2.21. The Hall–Kier alpha value is -1.88. The van der Waals surface area contributed by atoms with E-state index in [2.05, 4.69) is 11.8 Å². The van der Waals surface area contributed by atoms with E-state index >= 15 is 0 Å². The van der Waals surface area contributed by atoms with Gasteiger partial charge in [-0.25, -0.2) is 4.79 Å². The maximum absolute atomic E-state index is 12.2. The molecule has 1 amide bonds. The van der Waals surface area contributed by atoms with E-state index in [0.29, 0.717) is 18.7 Å². The van der Waals surface area contributed by atoms with Gasteiger partial charge in [0.25, 0.3) is 0 Å². The van der Waals surface area contributed by atoms with Crippen LogP contribution in [-0.4, -0.2) is 53.0 Å². The highest BCUT2D eigenvalue weighted by Gasteiger charge is 2.21. The second-order valence-corrected chi connectivity index (χ2v) is 5.45. The van der Waals surface area contributed by atoms with E-state index in [1.165, 1.54) is 0 Å². The van der Waals surface area contributed by atoms with Gasteiger partial charge < -0.3 is 10.0 Å². The number of carboxylic acids is 1. The van der Waals surface area contributed by atoms with Gasteiger partial charge in [-0.3, -0.25) is 9.69 Å². The lowest BCUT2D eigenvalue weighted by Crippen LogP contribution is -2.36. The third-order valence-corrected chi connectivity index (χ3v) is 3.69. The van der Waals surface area contributed by atoms with Crippen LogP contribution in [0.4, 0.5) is 0 Å². The van der Waals surface area contributed by atoms with E-state index in [-0.39, 0.29) is 5.91 Å². The summed E-state index contributed by atoms with van der Waals surface area (Å²) in [6.45, 7) is 5.61. The summed E-state index contributed by atoms with van der Waals surface area (Å²) in [6.07, 6.45) is 1.94. The first-order chi connectivity index (χ1) is 10.1. The summed E-state index contributed by atoms with van der Waals surface area (Å²) in [5.41, 5.74) is 1.23. The molecule has 2 rings (SSSR count). The molecule has 114 valence electrons. The Morgan fingerprint density at radius 2 is 2.14 bits per heavy atom. The molecular weight excluding hydrogens is 268 g/mol. The van der Waals surface area contributed by atoms with Gasteiger partial charge in [0.05, 0.1) is 12.1 Å². The molecule has 0 bridgehead atoms. The molecule has 1 saturated heterocycles. The van der Waals surface area contributed by atoms with Crippen LogP contribution in [0, 0.1) is 0 Å². The number of benzene rings is 1. The van der Waals surface area contributed by atoms with E-state index in [1.807, 2.05) is 11.0 Å². The van der Waals surface area contributed by atoms with Gasteiger partial charge in [-0.2, -0.15) is 0 Å². The first kappa shape index (κ1) is 15.5. The number of carboxylic acid groups (broad SMARTS) is 1. The normalized spacial score (nSPS) is 16.8. The van der Waals surface area contributed by atoms with Crippen molar-refractivity contribution in [2.45, 2.75) is 26.3 Å². The van der Waals surface area contributed by atoms with Crippen LogP contribution in [0.25, 0.3) is 0 Å². The summed E-state index contributed by atoms with van der Waals surface area (Å²) >= 11 is 0. The second-order valence-electron chi connectivity index (χ2n) is 5.45. The maximum atomic E-state index is 12.2. The number of hydrogen-bond acceptors (Lipinski definition) is 3. The van der Waals surface area contributed by atoms with Crippen molar-refractivity contribution in [2.24, 2.45) is 0 Å². The number of rotatable bonds is 5. The van der Waals surface area contributed by atoms with Gasteiger partial charge in [-0.15, -0.1) is 0 Å². The first-order valence-electron chi connectivity index (χ1n) is 7.42. The standard InChI is InChI=1S/C16H22N2O3/c1-2-7-18-9-4-8-17(12-15(18)19)11-13-5-3-6-14(10-13)16(20)21/h3,5-6,10H,2,4,7-9,11-12H2,1H3,(H,20,21). The minimum absolute atomic E-state index is 0.170. The average Bonchev–Trinajstić information content (AvgIpc) is 2.62. The lowest BCUT2D eigenvalue weighted by molar-refractivity contribution is -0.131. The van der Waals surface area contributed by atoms with Crippen molar-refractivity contribution in [3.63, 3.8) is 0 Å². The summed E-state index contributed by atoms with van der Waals surface area (Å²) in [5, 5.41) is 9.02. The van der Waals surface area contributed by atoms with Crippen molar-refractivity contribution in [1.29, 1.82) is 0 Å². The molecule has 0 saturated carbocycles. The molecule has 1 aromatic carbocycles. The van der Waals surface area contributed by atoms with Crippen LogP contribution in [0.2, 0.25) is 0 Å². The fourth-order valence-corrected chi connectivity index (χ4v) is 2.68. The minimum Gasteiger partial charge on any atom is -0.478 e. The molecule has 21 heavy (non-hydrogen) atoms. The number of carbonyl (C=O) groups is 2. The SMILES string of the molecule is CCCN1CCCN(Cc2cccc(C(=O)O)c2)CC1=O. The third-order valence-electron chi connectivity index (χ3n) is 3.69. The number of nitrogens with zero attached hydrogens (tertiary/aromatic N) is 2. The molecule has 0 aromatic heterocycles. The van der Waals surface area contributed by atoms with E-state index in [4.69, 9.17) is 5.11 Å². The van der Waals surface area contributed by atoms with Crippen LogP contribution >= 0.6 is 0 Å². The Labute approximate surface area is 125 Å². The van der Waals surface area contributed by atoms with Gasteiger partial charge in [0.15, 0.2) is 0 Å². The van der Waals surface area contributed by atoms with E-state index < -0.39 is 5.97 Å². The van der Waals surface area contributed by atoms with Gasteiger partial charge in [0.2, 0.25) is 5.91 Å². The van der Waals surface area contributed by atoms with Crippen molar-refractivity contribution in [3.05, 3.63) is 35.4 Å². The molecule has 5 nitrogen and oxygen atoms in total. The Bertz CT molecular complexity index is 516. The highest BCUT2D eigenvalue weighted by molar-refractivity contribution is 5.87. The number of carbonyl (C=O) groups excluding carboxylic acids is 1. The Morgan fingerprint density at radius 1 is 1.33 bits per heavy atom. The monoisotopic (exact) mass is 290 g/mol. The Morgan fingerprint density at radius 3 is 2.86 bits per heavy atom. The quantitative estimate of drug-likeness (QED) is 0.898. The highest BCUT2D eigenvalue weighted by Crippen LogP contribution is 2.12. The van der Waals surface area contributed by atoms with Gasteiger partial charge >= 0.3 is 5.97 Å². The number of hydrogen-bond donors (Lipinski definition) is 1. The van der Waals surface area contributed by atoms with Crippen molar-refractivity contribution in [3.8, 4) is 0 Å². The van der Waals surface area contributed by atoms with Crippen molar-refractivity contribution < 1.29 is 14.7 Å². The summed E-state index contributed by atoms with van der Waals surface area (Å²) in [4.78, 5) is 27.2. The molecule has 0 atom stereocenters. The van der Waals surface area contributed by atoms with Crippen molar-refractivity contribution >= 4 is 11.9 Å². The van der Waals surface area contributed by atoms with Crippen LogP contribution < -0.4 is 0 Å². The minimum atomic E-state index is -0.919. The largest absolute Gasteiger partial charge is 0.478 e. The zero-order chi connectivity index (χ0) is 15.2. The summed E-state index contributed by atoms with van der Waals surface area (Å²) in [7, 11) is 0. The zero-order valence-electron chi connectivity index (χ0n) is 12.4. The fourth-order valence-electron chi connectivity index (χ4n) is 2.68. The van der Waals surface area contributed by atoms with Crippen LogP contribution in [0.15, 0.2) is 24.3 Å². The summed E-state index contributed by atoms with van der Waals surface area (Å²) in [6, 6.07) is 6.93. The van der Waals surface area contributed by atoms with Crippen LogP contribution in [0.1, 0.15) is 35.7 Å². The molecule has 0 aliphatic carbocycles. The molecule has 5 heteroatoms. The average molecular weight is 290 g/mol. The number of aromatic carboxylic acids is 1. The summed E-state index contributed by atoms with van der Waals surface area (Å²) in [5.74, 6) is -0.748. The van der Waals surface area contributed by atoms with Crippen molar-refractivity contribution in [2.75, 3.05) is 26.2 Å². The zero-order valence-corrected chi connectivity index (χ0v) is 12.4. The molecule has 1 fully saturated rings. The molecule has 0 spiro atoms. The molecule has 1 aliphatic rings.